The number of nitrogens with one attached hydrogen (secondary N) is 1. The minimum Gasteiger partial charge on any atom is -0.312 e. The van der Waals surface area contributed by atoms with E-state index in [-0.39, 0.29) is 0 Å². The Morgan fingerprint density at radius 2 is 2.23 bits per heavy atom. The molecule has 1 fully saturated rings. The maximum atomic E-state index is 8.58. The Kier molecular flexibility index (Phi) is 3.74. The van der Waals surface area contributed by atoms with Crippen LogP contribution in [0.5, 0.6) is 0 Å². The van der Waals surface area contributed by atoms with Crippen LogP contribution in [0.1, 0.15) is 46.0 Å². The van der Waals surface area contributed by atoms with Gasteiger partial charge in [-0.3, -0.25) is 0 Å². The first-order chi connectivity index (χ1) is 6.20. The lowest BCUT2D eigenvalue weighted by molar-refractivity contribution is 0.150. The molecule has 0 aromatic rings. The number of hydrogen-bond acceptors (Lipinski definition) is 2. The zero-order chi connectivity index (χ0) is 9.73. The Hall–Kier alpha value is -0.550. The minimum absolute atomic E-state index is 0.405. The van der Waals surface area contributed by atoms with E-state index in [1.807, 2.05) is 0 Å². The van der Waals surface area contributed by atoms with Gasteiger partial charge in [0.1, 0.15) is 0 Å². The van der Waals surface area contributed by atoms with E-state index in [1.54, 1.807) is 0 Å². The lowest BCUT2D eigenvalue weighted by Crippen LogP contribution is -2.41. The predicted molar refractivity (Wildman–Crippen MR) is 54.3 cm³/mol. The largest absolute Gasteiger partial charge is 0.312 e. The summed E-state index contributed by atoms with van der Waals surface area (Å²) in [7, 11) is 0. The fourth-order valence-electron chi connectivity index (χ4n) is 1.82. The van der Waals surface area contributed by atoms with Gasteiger partial charge in [0.15, 0.2) is 0 Å². The molecule has 0 amide bonds. The zero-order valence-corrected chi connectivity index (χ0v) is 8.77. The molecule has 0 heterocycles. The van der Waals surface area contributed by atoms with Crippen molar-refractivity contribution in [3.63, 3.8) is 0 Å². The summed E-state index contributed by atoms with van der Waals surface area (Å²) in [4.78, 5) is 0. The zero-order valence-electron chi connectivity index (χ0n) is 8.77. The van der Waals surface area contributed by atoms with E-state index in [9.17, 15) is 0 Å². The molecule has 1 aliphatic carbocycles. The molecule has 0 aromatic carbocycles. The van der Waals surface area contributed by atoms with E-state index < -0.39 is 0 Å². The minimum atomic E-state index is 0.405. The van der Waals surface area contributed by atoms with Crippen molar-refractivity contribution >= 4 is 0 Å². The first kappa shape index (κ1) is 10.5. The number of nitriles is 1. The van der Waals surface area contributed by atoms with Crippen molar-refractivity contribution in [2.75, 3.05) is 6.54 Å². The molecule has 2 heteroatoms. The molecule has 0 aliphatic heterocycles. The third-order valence-electron chi connectivity index (χ3n) is 3.21. The van der Waals surface area contributed by atoms with Gasteiger partial charge in [0.05, 0.1) is 12.5 Å². The van der Waals surface area contributed by atoms with E-state index in [4.69, 9.17) is 5.26 Å². The molecule has 2 nitrogen and oxygen atoms in total. The lowest BCUT2D eigenvalue weighted by atomic mass is 9.70. The number of nitrogens with zero attached hydrogens (tertiary/aromatic N) is 1. The normalized spacial score (nSPS) is 21.6. The average Bonchev–Trinajstić information content (AvgIpc) is 2.09. The van der Waals surface area contributed by atoms with Crippen molar-refractivity contribution < 1.29 is 0 Å². The van der Waals surface area contributed by atoms with Crippen LogP contribution in [0.3, 0.4) is 0 Å². The first-order valence-electron chi connectivity index (χ1n) is 5.30. The Morgan fingerprint density at radius 1 is 1.54 bits per heavy atom. The van der Waals surface area contributed by atoms with Gasteiger partial charge in [-0.15, -0.1) is 0 Å². The molecule has 1 rings (SSSR count). The Labute approximate surface area is 81.3 Å². The number of hydrogen-bond donors (Lipinski definition) is 1. The van der Waals surface area contributed by atoms with Gasteiger partial charge < -0.3 is 5.32 Å². The van der Waals surface area contributed by atoms with Gasteiger partial charge >= 0.3 is 0 Å². The summed E-state index contributed by atoms with van der Waals surface area (Å²) < 4.78 is 0. The van der Waals surface area contributed by atoms with E-state index in [0.29, 0.717) is 17.9 Å². The van der Waals surface area contributed by atoms with Crippen LogP contribution in [0.15, 0.2) is 0 Å². The van der Waals surface area contributed by atoms with Crippen molar-refractivity contribution in [2.24, 2.45) is 5.41 Å². The van der Waals surface area contributed by atoms with Crippen LogP contribution in [-0.4, -0.2) is 12.6 Å². The fraction of sp³-hybridized carbons (Fsp3) is 0.909. The van der Waals surface area contributed by atoms with Crippen LogP contribution < -0.4 is 5.32 Å². The van der Waals surface area contributed by atoms with Crippen LogP contribution in [-0.2, 0) is 0 Å². The van der Waals surface area contributed by atoms with E-state index in [1.165, 1.54) is 19.3 Å². The average molecular weight is 180 g/mol. The van der Waals surface area contributed by atoms with Crippen LogP contribution >= 0.6 is 0 Å². The second kappa shape index (κ2) is 4.62. The van der Waals surface area contributed by atoms with E-state index in [0.717, 1.165) is 13.0 Å². The molecule has 0 bridgehead atoms. The molecule has 1 saturated carbocycles. The molecular weight excluding hydrogens is 160 g/mol. The Balaban J connectivity index is 2.19. The SMILES string of the molecule is CCC(CC#N)NCC1(C)CCC1. The molecule has 1 atom stereocenters. The second-order valence-corrected chi connectivity index (χ2v) is 4.51. The fourth-order valence-corrected chi connectivity index (χ4v) is 1.82. The molecule has 0 aromatic heterocycles. The molecule has 1 N–H and O–H groups in total. The summed E-state index contributed by atoms with van der Waals surface area (Å²) in [5, 5.41) is 12.1. The van der Waals surface area contributed by atoms with Crippen molar-refractivity contribution in [1.82, 2.24) is 5.32 Å². The molecule has 1 aliphatic rings. The van der Waals surface area contributed by atoms with Gasteiger partial charge in [-0.1, -0.05) is 20.3 Å². The van der Waals surface area contributed by atoms with Crippen LogP contribution in [0.2, 0.25) is 0 Å². The van der Waals surface area contributed by atoms with Crippen LogP contribution in [0.4, 0.5) is 0 Å². The summed E-state index contributed by atoms with van der Waals surface area (Å²) in [6.45, 7) is 5.56. The highest BCUT2D eigenvalue weighted by molar-refractivity contribution is 4.88. The van der Waals surface area contributed by atoms with E-state index >= 15 is 0 Å². The molecule has 1 unspecified atom stereocenters. The van der Waals surface area contributed by atoms with Gasteiger partial charge in [0, 0.05) is 12.6 Å². The van der Waals surface area contributed by atoms with Crippen LogP contribution in [0.25, 0.3) is 0 Å². The molecule has 0 saturated heterocycles. The van der Waals surface area contributed by atoms with Crippen molar-refractivity contribution in [2.45, 2.75) is 52.0 Å². The standard InChI is InChI=1S/C11H20N2/c1-3-10(5-8-12)13-9-11(2)6-4-7-11/h10,13H,3-7,9H2,1-2H3. The monoisotopic (exact) mass is 180 g/mol. The van der Waals surface area contributed by atoms with E-state index in [2.05, 4.69) is 25.2 Å². The predicted octanol–water partition coefficient (Wildman–Crippen LogP) is 2.46. The molecule has 13 heavy (non-hydrogen) atoms. The summed E-state index contributed by atoms with van der Waals surface area (Å²) >= 11 is 0. The topological polar surface area (TPSA) is 35.8 Å². The van der Waals surface area contributed by atoms with Gasteiger partial charge in [0.25, 0.3) is 0 Å². The van der Waals surface area contributed by atoms with Crippen molar-refractivity contribution in [3.8, 4) is 6.07 Å². The third-order valence-corrected chi connectivity index (χ3v) is 3.21. The second-order valence-electron chi connectivity index (χ2n) is 4.51. The summed E-state index contributed by atoms with van der Waals surface area (Å²) in [5.41, 5.74) is 0.531. The Morgan fingerprint density at radius 3 is 2.62 bits per heavy atom. The molecule has 74 valence electrons. The van der Waals surface area contributed by atoms with Gasteiger partial charge in [-0.2, -0.15) is 5.26 Å². The van der Waals surface area contributed by atoms with Gasteiger partial charge in [0.2, 0.25) is 0 Å². The molecular formula is C11H20N2. The highest BCUT2D eigenvalue weighted by Crippen LogP contribution is 2.39. The van der Waals surface area contributed by atoms with Gasteiger partial charge in [-0.25, -0.2) is 0 Å². The number of rotatable bonds is 5. The summed E-state index contributed by atoms with van der Waals surface area (Å²) in [6.07, 6.45) is 5.79. The van der Waals surface area contributed by atoms with Crippen molar-refractivity contribution in [1.29, 1.82) is 5.26 Å². The third kappa shape index (κ3) is 3.00. The van der Waals surface area contributed by atoms with Crippen LogP contribution in [0, 0.1) is 16.7 Å². The van der Waals surface area contributed by atoms with Crippen molar-refractivity contribution in [3.05, 3.63) is 0 Å². The maximum absolute atomic E-state index is 8.58. The highest BCUT2D eigenvalue weighted by Gasteiger charge is 2.31. The first-order valence-corrected chi connectivity index (χ1v) is 5.30. The molecule has 0 spiro atoms. The molecule has 0 radical (unpaired) electrons. The Bertz CT molecular complexity index is 189. The smallest absolute Gasteiger partial charge is 0.0638 e. The quantitative estimate of drug-likeness (QED) is 0.705. The summed E-state index contributed by atoms with van der Waals surface area (Å²) in [5.74, 6) is 0. The van der Waals surface area contributed by atoms with Gasteiger partial charge in [-0.05, 0) is 24.7 Å². The lowest BCUT2D eigenvalue weighted by Gasteiger charge is -2.39. The highest BCUT2D eigenvalue weighted by atomic mass is 14.9. The summed E-state index contributed by atoms with van der Waals surface area (Å²) in [6, 6.07) is 2.63. The maximum Gasteiger partial charge on any atom is 0.0638 e.